The van der Waals surface area contributed by atoms with Crippen LogP contribution >= 0.6 is 0 Å². The molecular weight excluding hydrogens is 260 g/mol. The fraction of sp³-hybridized carbons (Fsp3) is 0.214. The SMILES string of the molecule is C[C@@H](NS(=O)(=O)Cc1ccccc1)c1ccncc1. The van der Waals surface area contributed by atoms with Crippen LogP contribution in [0.25, 0.3) is 0 Å². The minimum atomic E-state index is -3.35. The summed E-state index contributed by atoms with van der Waals surface area (Å²) < 4.78 is 26.8. The van der Waals surface area contributed by atoms with Crippen LogP contribution in [0.15, 0.2) is 54.9 Å². The molecule has 0 aliphatic heterocycles. The van der Waals surface area contributed by atoms with Gasteiger partial charge in [-0.3, -0.25) is 4.98 Å². The normalized spacial score (nSPS) is 13.1. The smallest absolute Gasteiger partial charge is 0.216 e. The molecule has 0 spiro atoms. The minimum absolute atomic E-state index is 0.0107. The number of hydrogen-bond acceptors (Lipinski definition) is 3. The quantitative estimate of drug-likeness (QED) is 0.911. The van der Waals surface area contributed by atoms with Crippen molar-refractivity contribution in [2.24, 2.45) is 0 Å². The van der Waals surface area contributed by atoms with Gasteiger partial charge >= 0.3 is 0 Å². The molecule has 0 fully saturated rings. The topological polar surface area (TPSA) is 59.1 Å². The highest BCUT2D eigenvalue weighted by Gasteiger charge is 2.16. The van der Waals surface area contributed by atoms with Crippen LogP contribution in [0.3, 0.4) is 0 Å². The molecule has 0 aliphatic rings. The van der Waals surface area contributed by atoms with Gasteiger partial charge in [0.1, 0.15) is 0 Å². The summed E-state index contributed by atoms with van der Waals surface area (Å²) in [5, 5.41) is 0. The molecule has 5 heteroatoms. The van der Waals surface area contributed by atoms with Crippen molar-refractivity contribution in [1.29, 1.82) is 0 Å². The third-order valence-corrected chi connectivity index (χ3v) is 4.19. The molecule has 1 atom stereocenters. The zero-order valence-electron chi connectivity index (χ0n) is 10.7. The first-order chi connectivity index (χ1) is 9.07. The first-order valence-corrected chi connectivity index (χ1v) is 7.66. The number of sulfonamides is 1. The first-order valence-electron chi connectivity index (χ1n) is 6.01. The van der Waals surface area contributed by atoms with Crippen LogP contribution in [-0.4, -0.2) is 13.4 Å². The molecule has 1 heterocycles. The number of rotatable bonds is 5. The average Bonchev–Trinajstić information content (AvgIpc) is 2.39. The van der Waals surface area contributed by atoms with Crippen molar-refractivity contribution in [3.63, 3.8) is 0 Å². The van der Waals surface area contributed by atoms with Crippen molar-refractivity contribution in [1.82, 2.24) is 9.71 Å². The summed E-state index contributed by atoms with van der Waals surface area (Å²) in [5.41, 5.74) is 1.67. The first kappa shape index (κ1) is 13.7. The van der Waals surface area contributed by atoms with Crippen LogP contribution in [0.4, 0.5) is 0 Å². The molecule has 0 unspecified atom stereocenters. The summed E-state index contributed by atoms with van der Waals surface area (Å²) >= 11 is 0. The lowest BCUT2D eigenvalue weighted by molar-refractivity contribution is 0.566. The van der Waals surface area contributed by atoms with Gasteiger partial charge in [-0.15, -0.1) is 0 Å². The number of aromatic nitrogens is 1. The van der Waals surface area contributed by atoms with Crippen molar-refractivity contribution in [3.8, 4) is 0 Å². The number of nitrogens with zero attached hydrogens (tertiary/aromatic N) is 1. The molecule has 100 valence electrons. The standard InChI is InChI=1S/C14H16N2O2S/c1-12(14-7-9-15-10-8-14)16-19(17,18)11-13-5-3-2-4-6-13/h2-10,12,16H,11H2,1H3/t12-/m1/s1. The van der Waals surface area contributed by atoms with Crippen molar-refractivity contribution in [2.45, 2.75) is 18.7 Å². The highest BCUT2D eigenvalue weighted by molar-refractivity contribution is 7.88. The van der Waals surface area contributed by atoms with E-state index in [1.807, 2.05) is 25.1 Å². The fourth-order valence-corrected chi connectivity index (χ4v) is 3.21. The average molecular weight is 276 g/mol. The monoisotopic (exact) mass is 276 g/mol. The van der Waals surface area contributed by atoms with Crippen molar-refractivity contribution in [2.75, 3.05) is 0 Å². The van der Waals surface area contributed by atoms with Gasteiger partial charge in [-0.1, -0.05) is 30.3 Å². The second-order valence-electron chi connectivity index (χ2n) is 4.36. The second kappa shape index (κ2) is 5.95. The van der Waals surface area contributed by atoms with E-state index in [1.165, 1.54) is 0 Å². The van der Waals surface area contributed by atoms with E-state index < -0.39 is 10.0 Å². The molecule has 1 aromatic carbocycles. The third-order valence-electron chi connectivity index (χ3n) is 2.76. The molecule has 0 saturated heterocycles. The summed E-state index contributed by atoms with van der Waals surface area (Å²) in [4.78, 5) is 3.91. The molecule has 1 aromatic heterocycles. The minimum Gasteiger partial charge on any atom is -0.265 e. The van der Waals surface area contributed by atoms with E-state index in [4.69, 9.17) is 0 Å². The highest BCUT2D eigenvalue weighted by Crippen LogP contribution is 2.13. The maximum absolute atomic E-state index is 12.1. The van der Waals surface area contributed by atoms with Crippen LogP contribution < -0.4 is 4.72 Å². The predicted molar refractivity (Wildman–Crippen MR) is 74.9 cm³/mol. The van der Waals surface area contributed by atoms with Crippen LogP contribution in [0, 0.1) is 0 Å². The van der Waals surface area contributed by atoms with Gasteiger partial charge in [-0.25, -0.2) is 13.1 Å². The Hall–Kier alpha value is -1.72. The van der Waals surface area contributed by atoms with Crippen LogP contribution in [0.5, 0.6) is 0 Å². The van der Waals surface area contributed by atoms with Crippen molar-refractivity contribution < 1.29 is 8.42 Å². The second-order valence-corrected chi connectivity index (χ2v) is 6.12. The van der Waals surface area contributed by atoms with Crippen LogP contribution in [0.2, 0.25) is 0 Å². The van der Waals surface area contributed by atoms with Gasteiger partial charge in [0.2, 0.25) is 10.0 Å². The Bertz CT molecular complexity index is 612. The van der Waals surface area contributed by atoms with Gasteiger partial charge in [0, 0.05) is 18.4 Å². The lowest BCUT2D eigenvalue weighted by atomic mass is 10.1. The number of hydrogen-bond donors (Lipinski definition) is 1. The van der Waals surface area contributed by atoms with E-state index in [0.717, 1.165) is 11.1 Å². The third kappa shape index (κ3) is 4.15. The molecule has 0 bridgehead atoms. The lowest BCUT2D eigenvalue weighted by Gasteiger charge is -2.14. The molecule has 4 nitrogen and oxygen atoms in total. The molecule has 19 heavy (non-hydrogen) atoms. The number of benzene rings is 1. The van der Waals surface area contributed by atoms with E-state index >= 15 is 0 Å². The highest BCUT2D eigenvalue weighted by atomic mass is 32.2. The Morgan fingerprint density at radius 3 is 2.37 bits per heavy atom. The van der Waals surface area contributed by atoms with E-state index in [2.05, 4.69) is 9.71 Å². The maximum atomic E-state index is 12.1. The van der Waals surface area contributed by atoms with Crippen molar-refractivity contribution >= 4 is 10.0 Å². The molecular formula is C14H16N2O2S. The molecule has 1 N–H and O–H groups in total. The van der Waals surface area contributed by atoms with E-state index in [-0.39, 0.29) is 11.8 Å². The van der Waals surface area contributed by atoms with Gasteiger partial charge in [-0.2, -0.15) is 0 Å². The zero-order chi connectivity index (χ0) is 13.7. The molecule has 0 amide bonds. The van der Waals surface area contributed by atoms with Gasteiger partial charge < -0.3 is 0 Å². The Kier molecular flexibility index (Phi) is 4.29. The maximum Gasteiger partial charge on any atom is 0.216 e. The molecule has 0 radical (unpaired) electrons. The Morgan fingerprint density at radius 1 is 1.11 bits per heavy atom. The van der Waals surface area contributed by atoms with Gasteiger partial charge in [0.25, 0.3) is 0 Å². The Balaban J connectivity index is 2.06. The summed E-state index contributed by atoms with van der Waals surface area (Å²) in [5.74, 6) is -0.0107. The summed E-state index contributed by atoms with van der Waals surface area (Å²) in [6, 6.07) is 12.5. The van der Waals surface area contributed by atoms with E-state index in [1.54, 1.807) is 36.7 Å². The summed E-state index contributed by atoms with van der Waals surface area (Å²) in [6.45, 7) is 1.82. The van der Waals surface area contributed by atoms with E-state index in [0.29, 0.717) is 0 Å². The van der Waals surface area contributed by atoms with E-state index in [9.17, 15) is 8.42 Å². The predicted octanol–water partition coefficient (Wildman–Crippen LogP) is 2.26. The van der Waals surface area contributed by atoms with Gasteiger partial charge in [-0.05, 0) is 30.2 Å². The lowest BCUT2D eigenvalue weighted by Crippen LogP contribution is -2.28. The largest absolute Gasteiger partial charge is 0.265 e. The summed E-state index contributed by atoms with van der Waals surface area (Å²) in [6.07, 6.45) is 3.30. The van der Waals surface area contributed by atoms with Gasteiger partial charge in [0.05, 0.1) is 5.75 Å². The number of pyridine rings is 1. The Morgan fingerprint density at radius 2 is 1.74 bits per heavy atom. The van der Waals surface area contributed by atoms with Crippen LogP contribution in [0.1, 0.15) is 24.1 Å². The molecule has 0 saturated carbocycles. The van der Waals surface area contributed by atoms with Crippen molar-refractivity contribution in [3.05, 3.63) is 66.0 Å². The molecule has 2 rings (SSSR count). The number of nitrogens with one attached hydrogen (secondary N) is 1. The zero-order valence-corrected chi connectivity index (χ0v) is 11.5. The molecule has 0 aliphatic carbocycles. The molecule has 2 aromatic rings. The van der Waals surface area contributed by atoms with Crippen LogP contribution in [-0.2, 0) is 15.8 Å². The summed E-state index contributed by atoms with van der Waals surface area (Å²) in [7, 11) is -3.35. The Labute approximate surface area is 113 Å². The fourth-order valence-electron chi connectivity index (χ4n) is 1.82. The van der Waals surface area contributed by atoms with Gasteiger partial charge in [0.15, 0.2) is 0 Å².